The minimum absolute atomic E-state index is 0. The van der Waals surface area contributed by atoms with Crippen molar-refractivity contribution in [3.63, 3.8) is 0 Å². The van der Waals surface area contributed by atoms with Crippen LogP contribution in [0.2, 0.25) is 0 Å². The summed E-state index contributed by atoms with van der Waals surface area (Å²) in [5.74, 6) is -0.809. The molecule has 0 aliphatic heterocycles. The SMILES string of the molecule is CN=C(NCCNS(=O)(=O)c1ccc(C)cc1)NCc1ccc(F)cc1C(F)(F)F.I. The van der Waals surface area contributed by atoms with Crippen LogP contribution in [0.4, 0.5) is 17.6 Å². The molecule has 0 heterocycles. The van der Waals surface area contributed by atoms with E-state index in [1.165, 1.54) is 19.2 Å². The number of nitrogens with one attached hydrogen (secondary N) is 3. The fraction of sp³-hybridized carbons (Fsp3) is 0.316. The Bertz CT molecular complexity index is 997. The monoisotopic (exact) mass is 574 g/mol. The molecule has 0 saturated heterocycles. The summed E-state index contributed by atoms with van der Waals surface area (Å²) in [7, 11) is -2.26. The van der Waals surface area contributed by atoms with Crippen molar-refractivity contribution in [1.29, 1.82) is 0 Å². The van der Waals surface area contributed by atoms with Crippen LogP contribution in [0.15, 0.2) is 52.4 Å². The van der Waals surface area contributed by atoms with Crippen LogP contribution < -0.4 is 15.4 Å². The van der Waals surface area contributed by atoms with Gasteiger partial charge in [0.15, 0.2) is 5.96 Å². The van der Waals surface area contributed by atoms with Gasteiger partial charge in [-0.05, 0) is 36.8 Å². The Hall–Kier alpha value is -1.93. The largest absolute Gasteiger partial charge is 0.416 e. The van der Waals surface area contributed by atoms with Crippen LogP contribution in [0.3, 0.4) is 0 Å². The van der Waals surface area contributed by atoms with E-state index in [4.69, 9.17) is 0 Å². The van der Waals surface area contributed by atoms with Crippen LogP contribution in [-0.4, -0.2) is 34.5 Å². The average molecular weight is 574 g/mol. The second-order valence-corrected chi connectivity index (χ2v) is 8.13. The van der Waals surface area contributed by atoms with Crippen molar-refractivity contribution in [3.8, 4) is 0 Å². The first-order chi connectivity index (χ1) is 14.0. The molecule has 0 radical (unpaired) electrons. The quantitative estimate of drug-likeness (QED) is 0.156. The molecule has 0 unspecified atom stereocenters. The van der Waals surface area contributed by atoms with Gasteiger partial charge in [0.1, 0.15) is 5.82 Å². The molecule has 0 atom stereocenters. The van der Waals surface area contributed by atoms with E-state index in [2.05, 4.69) is 20.3 Å². The average Bonchev–Trinajstić information content (AvgIpc) is 2.67. The normalized spacial score (nSPS) is 12.3. The van der Waals surface area contributed by atoms with Gasteiger partial charge in [-0.3, -0.25) is 4.99 Å². The van der Waals surface area contributed by atoms with Gasteiger partial charge in [0, 0.05) is 26.7 Å². The Morgan fingerprint density at radius 2 is 1.68 bits per heavy atom. The Balaban J connectivity index is 0.00000480. The van der Waals surface area contributed by atoms with E-state index in [0.717, 1.165) is 17.7 Å². The zero-order chi connectivity index (χ0) is 22.4. The first-order valence-electron chi connectivity index (χ1n) is 8.89. The molecule has 0 aromatic heterocycles. The van der Waals surface area contributed by atoms with Crippen molar-refractivity contribution in [3.05, 3.63) is 65.0 Å². The highest BCUT2D eigenvalue weighted by Crippen LogP contribution is 2.32. The van der Waals surface area contributed by atoms with Gasteiger partial charge in [-0.15, -0.1) is 24.0 Å². The number of alkyl halides is 3. The van der Waals surface area contributed by atoms with E-state index >= 15 is 0 Å². The fourth-order valence-electron chi connectivity index (χ4n) is 2.53. The molecule has 6 nitrogen and oxygen atoms in total. The Labute approximate surface area is 195 Å². The number of aliphatic imine (C=N–C) groups is 1. The number of sulfonamides is 1. The number of aryl methyl sites for hydroxylation is 1. The Morgan fingerprint density at radius 1 is 1.03 bits per heavy atom. The molecule has 0 aliphatic rings. The van der Waals surface area contributed by atoms with Gasteiger partial charge in [-0.1, -0.05) is 23.8 Å². The van der Waals surface area contributed by atoms with Gasteiger partial charge in [0.2, 0.25) is 10.0 Å². The van der Waals surface area contributed by atoms with E-state index in [-0.39, 0.29) is 60.0 Å². The minimum Gasteiger partial charge on any atom is -0.355 e. The topological polar surface area (TPSA) is 82.6 Å². The molecule has 3 N–H and O–H groups in total. The first kappa shape index (κ1) is 27.1. The predicted molar refractivity (Wildman–Crippen MR) is 121 cm³/mol. The molecule has 0 amide bonds. The number of rotatable bonds is 7. The Kier molecular flexibility index (Phi) is 10.2. The third kappa shape index (κ3) is 8.26. The molecule has 2 aromatic rings. The number of benzene rings is 2. The van der Waals surface area contributed by atoms with E-state index in [0.29, 0.717) is 6.07 Å². The minimum atomic E-state index is -4.69. The van der Waals surface area contributed by atoms with Gasteiger partial charge in [-0.25, -0.2) is 17.5 Å². The molecule has 0 spiro atoms. The molecule has 0 aliphatic carbocycles. The van der Waals surface area contributed by atoms with Crippen LogP contribution in [0.5, 0.6) is 0 Å². The summed E-state index contributed by atoms with van der Waals surface area (Å²) in [6, 6.07) is 8.79. The number of hydrogen-bond donors (Lipinski definition) is 3. The molecule has 2 aromatic carbocycles. The van der Waals surface area contributed by atoms with Crippen LogP contribution in [0.1, 0.15) is 16.7 Å². The van der Waals surface area contributed by atoms with Gasteiger partial charge >= 0.3 is 6.18 Å². The van der Waals surface area contributed by atoms with E-state index in [1.807, 2.05) is 6.92 Å². The molecule has 12 heteroatoms. The van der Waals surface area contributed by atoms with Crippen molar-refractivity contribution in [2.45, 2.75) is 24.5 Å². The lowest BCUT2D eigenvalue weighted by atomic mass is 10.1. The van der Waals surface area contributed by atoms with Crippen LogP contribution >= 0.6 is 24.0 Å². The molecule has 0 saturated carbocycles. The molecule has 31 heavy (non-hydrogen) atoms. The molecule has 172 valence electrons. The summed E-state index contributed by atoms with van der Waals surface area (Å²) >= 11 is 0. The van der Waals surface area contributed by atoms with E-state index in [1.54, 1.807) is 12.1 Å². The first-order valence-corrected chi connectivity index (χ1v) is 10.4. The maximum absolute atomic E-state index is 13.2. The number of guanidine groups is 1. The second kappa shape index (κ2) is 11.6. The van der Waals surface area contributed by atoms with Gasteiger partial charge in [0.25, 0.3) is 0 Å². The summed E-state index contributed by atoms with van der Waals surface area (Å²) in [5, 5.41) is 5.49. The third-order valence-electron chi connectivity index (χ3n) is 4.09. The highest BCUT2D eigenvalue weighted by molar-refractivity contribution is 14.0. The number of nitrogens with zero attached hydrogens (tertiary/aromatic N) is 1. The lowest BCUT2D eigenvalue weighted by molar-refractivity contribution is -0.138. The predicted octanol–water partition coefficient (Wildman–Crippen LogP) is 3.41. The highest BCUT2D eigenvalue weighted by Gasteiger charge is 2.33. The smallest absolute Gasteiger partial charge is 0.355 e. The standard InChI is InChI=1S/C19H22F4N4O2S.HI/c1-13-3-7-16(8-4-13)30(28,29)27-10-9-25-18(24-2)26-12-14-5-6-15(20)11-17(14)19(21,22)23;/h3-8,11,27H,9-10,12H2,1-2H3,(H2,24,25,26);1H. The molecular weight excluding hydrogens is 551 g/mol. The Morgan fingerprint density at radius 3 is 2.26 bits per heavy atom. The maximum Gasteiger partial charge on any atom is 0.416 e. The van der Waals surface area contributed by atoms with Crippen LogP contribution in [-0.2, 0) is 22.7 Å². The van der Waals surface area contributed by atoms with Gasteiger partial charge < -0.3 is 10.6 Å². The van der Waals surface area contributed by atoms with Crippen molar-refractivity contribution in [1.82, 2.24) is 15.4 Å². The van der Waals surface area contributed by atoms with Crippen LogP contribution in [0, 0.1) is 12.7 Å². The van der Waals surface area contributed by atoms with Crippen molar-refractivity contribution in [2.75, 3.05) is 20.1 Å². The van der Waals surface area contributed by atoms with E-state index in [9.17, 15) is 26.0 Å². The van der Waals surface area contributed by atoms with E-state index < -0.39 is 27.6 Å². The zero-order valence-corrected chi connectivity index (χ0v) is 19.9. The van der Waals surface area contributed by atoms with Crippen molar-refractivity contribution in [2.24, 2.45) is 4.99 Å². The summed E-state index contributed by atoms with van der Waals surface area (Å²) in [6.45, 7) is 1.77. The molecule has 0 fully saturated rings. The molecular formula is C19H23F4IN4O2S. The van der Waals surface area contributed by atoms with Gasteiger partial charge in [0.05, 0.1) is 10.5 Å². The summed E-state index contributed by atoms with van der Waals surface area (Å²) in [6.07, 6.45) is -4.69. The summed E-state index contributed by atoms with van der Waals surface area (Å²) < 4.78 is 79.2. The van der Waals surface area contributed by atoms with Crippen molar-refractivity contribution < 1.29 is 26.0 Å². The fourth-order valence-corrected chi connectivity index (χ4v) is 3.57. The lowest BCUT2D eigenvalue weighted by Crippen LogP contribution is -2.41. The highest BCUT2D eigenvalue weighted by atomic mass is 127. The number of halogens is 5. The maximum atomic E-state index is 13.2. The van der Waals surface area contributed by atoms with Gasteiger partial charge in [-0.2, -0.15) is 13.2 Å². The lowest BCUT2D eigenvalue weighted by Gasteiger charge is -2.16. The third-order valence-corrected chi connectivity index (χ3v) is 5.56. The molecule has 2 rings (SSSR count). The second-order valence-electron chi connectivity index (χ2n) is 6.36. The van der Waals surface area contributed by atoms with Crippen LogP contribution in [0.25, 0.3) is 0 Å². The summed E-state index contributed by atoms with van der Waals surface area (Å²) in [4.78, 5) is 4.01. The van der Waals surface area contributed by atoms with Crippen molar-refractivity contribution >= 4 is 40.0 Å². The summed E-state index contributed by atoms with van der Waals surface area (Å²) in [5.41, 5.74) is -0.288. The number of hydrogen-bond acceptors (Lipinski definition) is 3. The zero-order valence-electron chi connectivity index (χ0n) is 16.8. The molecule has 0 bridgehead atoms.